The predicted molar refractivity (Wildman–Crippen MR) is 98.4 cm³/mol. The summed E-state index contributed by atoms with van der Waals surface area (Å²) >= 11 is 0. The highest BCUT2D eigenvalue weighted by molar-refractivity contribution is 6.35. The van der Waals surface area contributed by atoms with Crippen LogP contribution in [0.25, 0.3) is 0 Å². The van der Waals surface area contributed by atoms with E-state index in [-0.39, 0.29) is 0 Å². The van der Waals surface area contributed by atoms with Gasteiger partial charge in [0, 0.05) is 12.1 Å². The minimum atomic E-state index is -0.837. The first kappa shape index (κ1) is 19.0. The van der Waals surface area contributed by atoms with Crippen molar-refractivity contribution in [2.45, 2.75) is 6.42 Å². The number of ether oxygens (including phenoxy) is 2. The first-order valence-corrected chi connectivity index (χ1v) is 8.01. The van der Waals surface area contributed by atoms with Crippen LogP contribution in [0, 0.1) is 0 Å². The van der Waals surface area contributed by atoms with Crippen LogP contribution in [-0.4, -0.2) is 38.8 Å². The molecule has 0 heterocycles. The van der Waals surface area contributed by atoms with Gasteiger partial charge in [0.1, 0.15) is 11.5 Å². The molecule has 0 atom stereocenters. The lowest BCUT2D eigenvalue weighted by molar-refractivity contribution is -0.139. The Morgan fingerprint density at radius 1 is 1.04 bits per heavy atom. The lowest BCUT2D eigenvalue weighted by Crippen LogP contribution is -2.38. The number of methoxy groups -OCH3 is 2. The SMILES string of the molecule is COc1ccc(OC)c(/C=N/NC(=O)C(=O)NCCc2ccccc2)c1. The van der Waals surface area contributed by atoms with E-state index < -0.39 is 11.8 Å². The number of amides is 2. The number of hydrazone groups is 1. The Balaban J connectivity index is 1.83. The molecule has 0 saturated carbocycles. The van der Waals surface area contributed by atoms with Crippen molar-refractivity contribution in [3.8, 4) is 11.5 Å². The third kappa shape index (κ3) is 5.62. The van der Waals surface area contributed by atoms with Crippen LogP contribution >= 0.6 is 0 Å². The largest absolute Gasteiger partial charge is 0.497 e. The first-order chi connectivity index (χ1) is 12.6. The maximum Gasteiger partial charge on any atom is 0.329 e. The number of hydrogen-bond donors (Lipinski definition) is 2. The average Bonchev–Trinajstić information content (AvgIpc) is 2.68. The van der Waals surface area contributed by atoms with E-state index in [1.165, 1.54) is 13.3 Å². The lowest BCUT2D eigenvalue weighted by atomic mass is 10.1. The highest BCUT2D eigenvalue weighted by atomic mass is 16.5. The van der Waals surface area contributed by atoms with Crippen LogP contribution < -0.4 is 20.2 Å². The maximum absolute atomic E-state index is 11.8. The molecule has 7 nitrogen and oxygen atoms in total. The van der Waals surface area contributed by atoms with Crippen LogP contribution in [0.15, 0.2) is 53.6 Å². The number of rotatable bonds is 7. The van der Waals surface area contributed by atoms with Gasteiger partial charge in [-0.05, 0) is 30.2 Å². The molecule has 0 fully saturated rings. The van der Waals surface area contributed by atoms with Gasteiger partial charge in [0.25, 0.3) is 0 Å². The van der Waals surface area contributed by atoms with Crippen molar-refractivity contribution in [1.29, 1.82) is 0 Å². The maximum atomic E-state index is 11.8. The minimum Gasteiger partial charge on any atom is -0.497 e. The summed E-state index contributed by atoms with van der Waals surface area (Å²) in [5.74, 6) is -0.389. The second-order valence-corrected chi connectivity index (χ2v) is 5.30. The number of hydrogen-bond acceptors (Lipinski definition) is 5. The van der Waals surface area contributed by atoms with E-state index in [0.29, 0.717) is 30.0 Å². The van der Waals surface area contributed by atoms with Crippen LogP contribution in [0.4, 0.5) is 0 Å². The van der Waals surface area contributed by atoms with Crippen molar-refractivity contribution in [2.75, 3.05) is 20.8 Å². The fourth-order valence-electron chi connectivity index (χ4n) is 2.20. The molecule has 0 saturated heterocycles. The van der Waals surface area contributed by atoms with E-state index in [1.807, 2.05) is 30.3 Å². The lowest BCUT2D eigenvalue weighted by Gasteiger charge is -2.07. The van der Waals surface area contributed by atoms with Gasteiger partial charge in [-0.25, -0.2) is 5.43 Å². The fraction of sp³-hybridized carbons (Fsp3) is 0.211. The molecule has 0 aliphatic heterocycles. The first-order valence-electron chi connectivity index (χ1n) is 8.01. The highest BCUT2D eigenvalue weighted by Gasteiger charge is 2.11. The Labute approximate surface area is 152 Å². The van der Waals surface area contributed by atoms with Crippen molar-refractivity contribution in [3.63, 3.8) is 0 Å². The van der Waals surface area contributed by atoms with Gasteiger partial charge < -0.3 is 14.8 Å². The summed E-state index contributed by atoms with van der Waals surface area (Å²) in [5, 5.41) is 6.34. The molecule has 7 heteroatoms. The molecular weight excluding hydrogens is 334 g/mol. The van der Waals surface area contributed by atoms with Crippen LogP contribution in [0.5, 0.6) is 11.5 Å². The average molecular weight is 355 g/mol. The smallest absolute Gasteiger partial charge is 0.329 e. The summed E-state index contributed by atoms with van der Waals surface area (Å²) in [6, 6.07) is 14.8. The molecule has 0 aromatic heterocycles. The molecule has 0 unspecified atom stereocenters. The van der Waals surface area contributed by atoms with Crippen LogP contribution in [-0.2, 0) is 16.0 Å². The molecule has 2 rings (SSSR count). The van der Waals surface area contributed by atoms with Gasteiger partial charge in [0.15, 0.2) is 0 Å². The van der Waals surface area contributed by atoms with Gasteiger partial charge in [0.05, 0.1) is 20.4 Å². The van der Waals surface area contributed by atoms with Gasteiger partial charge in [-0.3, -0.25) is 9.59 Å². The monoisotopic (exact) mass is 355 g/mol. The standard InChI is InChI=1S/C19H21N3O4/c1-25-16-8-9-17(26-2)15(12-16)13-21-22-19(24)18(23)20-11-10-14-6-4-3-5-7-14/h3-9,12-13H,10-11H2,1-2H3,(H,20,23)(H,22,24)/b21-13+. The van der Waals surface area contributed by atoms with Crippen molar-refractivity contribution in [3.05, 3.63) is 59.7 Å². The second kappa shape index (κ2) is 9.83. The van der Waals surface area contributed by atoms with E-state index in [0.717, 1.165) is 5.56 Å². The van der Waals surface area contributed by atoms with Crippen molar-refractivity contribution < 1.29 is 19.1 Å². The number of carbonyl (C=O) groups is 2. The number of benzene rings is 2. The Kier molecular flexibility index (Phi) is 7.17. The molecule has 0 radical (unpaired) electrons. The zero-order chi connectivity index (χ0) is 18.8. The Morgan fingerprint density at radius 3 is 2.50 bits per heavy atom. The van der Waals surface area contributed by atoms with E-state index >= 15 is 0 Å². The normalized spacial score (nSPS) is 10.4. The van der Waals surface area contributed by atoms with Crippen molar-refractivity contribution in [2.24, 2.45) is 5.10 Å². The molecule has 26 heavy (non-hydrogen) atoms. The van der Waals surface area contributed by atoms with Gasteiger partial charge >= 0.3 is 11.8 Å². The summed E-state index contributed by atoms with van der Waals surface area (Å²) < 4.78 is 10.3. The molecule has 0 spiro atoms. The van der Waals surface area contributed by atoms with Gasteiger partial charge in [0.2, 0.25) is 0 Å². The van der Waals surface area contributed by atoms with Crippen LogP contribution in [0.1, 0.15) is 11.1 Å². The molecule has 0 aliphatic carbocycles. The second-order valence-electron chi connectivity index (χ2n) is 5.30. The summed E-state index contributed by atoms with van der Waals surface area (Å²) in [6.07, 6.45) is 2.03. The summed E-state index contributed by atoms with van der Waals surface area (Å²) in [7, 11) is 3.07. The van der Waals surface area contributed by atoms with E-state index in [2.05, 4.69) is 15.8 Å². The zero-order valence-corrected chi connectivity index (χ0v) is 14.7. The number of carbonyl (C=O) groups excluding carboxylic acids is 2. The molecule has 2 aromatic carbocycles. The van der Waals surface area contributed by atoms with Gasteiger partial charge in [-0.1, -0.05) is 30.3 Å². The Morgan fingerprint density at radius 2 is 1.81 bits per heavy atom. The highest BCUT2D eigenvalue weighted by Crippen LogP contribution is 2.22. The van der Waals surface area contributed by atoms with Crippen LogP contribution in [0.2, 0.25) is 0 Å². The summed E-state index contributed by atoms with van der Waals surface area (Å²) in [4.78, 5) is 23.5. The number of nitrogens with zero attached hydrogens (tertiary/aromatic N) is 1. The van der Waals surface area contributed by atoms with Crippen molar-refractivity contribution in [1.82, 2.24) is 10.7 Å². The predicted octanol–water partition coefficient (Wildman–Crippen LogP) is 1.51. The van der Waals surface area contributed by atoms with Gasteiger partial charge in [-0.15, -0.1) is 0 Å². The summed E-state index contributed by atoms with van der Waals surface area (Å²) in [5.41, 5.74) is 3.88. The molecule has 2 N–H and O–H groups in total. The molecule has 0 bridgehead atoms. The quantitative estimate of drug-likeness (QED) is 0.448. The van der Waals surface area contributed by atoms with Crippen molar-refractivity contribution >= 4 is 18.0 Å². The van der Waals surface area contributed by atoms with E-state index in [1.54, 1.807) is 25.3 Å². The minimum absolute atomic E-state index is 0.365. The zero-order valence-electron chi connectivity index (χ0n) is 14.7. The molecular formula is C19H21N3O4. The third-order valence-corrected chi connectivity index (χ3v) is 3.55. The van der Waals surface area contributed by atoms with Gasteiger partial charge in [-0.2, -0.15) is 5.10 Å². The molecule has 2 amide bonds. The third-order valence-electron chi connectivity index (χ3n) is 3.55. The summed E-state index contributed by atoms with van der Waals surface area (Å²) in [6.45, 7) is 0.365. The molecule has 2 aromatic rings. The Bertz CT molecular complexity index is 776. The Hall–Kier alpha value is -3.35. The fourth-order valence-corrected chi connectivity index (χ4v) is 2.20. The van der Waals surface area contributed by atoms with E-state index in [4.69, 9.17) is 9.47 Å². The molecule has 136 valence electrons. The number of nitrogens with one attached hydrogen (secondary N) is 2. The molecule has 0 aliphatic rings. The van der Waals surface area contributed by atoms with E-state index in [9.17, 15) is 9.59 Å². The van der Waals surface area contributed by atoms with Crippen LogP contribution in [0.3, 0.4) is 0 Å². The topological polar surface area (TPSA) is 89.0 Å².